The Bertz CT molecular complexity index is 990. The summed E-state index contributed by atoms with van der Waals surface area (Å²) >= 11 is 0. The summed E-state index contributed by atoms with van der Waals surface area (Å²) in [7, 11) is 3.51. The maximum Gasteiger partial charge on any atom is 0.410 e. The average Bonchev–Trinajstić information content (AvgIpc) is 2.81. The fraction of sp³-hybridized carbons (Fsp3) is 0.481. The lowest BCUT2D eigenvalue weighted by atomic mass is 9.90. The van der Waals surface area contributed by atoms with Gasteiger partial charge in [0.1, 0.15) is 11.4 Å². The SMILES string of the molecule is COc1ccc(-c2ccc(C(N)=O)cc2)cc1CNC1CCC(N(C)C(=O)OC(C)(C)C)CC1. The number of primary amides is 1. The number of nitrogens with two attached hydrogens (primary N) is 1. The minimum Gasteiger partial charge on any atom is -0.496 e. The van der Waals surface area contributed by atoms with Crippen molar-refractivity contribution >= 4 is 12.0 Å². The zero-order valence-corrected chi connectivity index (χ0v) is 20.9. The fourth-order valence-corrected chi connectivity index (χ4v) is 4.33. The summed E-state index contributed by atoms with van der Waals surface area (Å²) in [5, 5.41) is 3.67. The van der Waals surface area contributed by atoms with Crippen LogP contribution in [0.3, 0.4) is 0 Å². The van der Waals surface area contributed by atoms with Crippen molar-refractivity contribution in [1.82, 2.24) is 10.2 Å². The van der Waals surface area contributed by atoms with E-state index in [0.717, 1.165) is 48.1 Å². The molecule has 0 aliphatic heterocycles. The number of hydrogen-bond acceptors (Lipinski definition) is 5. The largest absolute Gasteiger partial charge is 0.496 e. The average molecular weight is 468 g/mol. The van der Waals surface area contributed by atoms with E-state index in [4.69, 9.17) is 15.2 Å². The number of carbonyl (C=O) groups excluding carboxylic acids is 2. The molecule has 1 aliphatic rings. The molecule has 0 aromatic heterocycles. The lowest BCUT2D eigenvalue weighted by Crippen LogP contribution is -2.44. The number of rotatable bonds is 7. The Labute approximate surface area is 202 Å². The first-order chi connectivity index (χ1) is 16.1. The fourth-order valence-electron chi connectivity index (χ4n) is 4.33. The molecule has 7 heteroatoms. The first-order valence-electron chi connectivity index (χ1n) is 11.8. The van der Waals surface area contributed by atoms with Crippen LogP contribution in [0.2, 0.25) is 0 Å². The monoisotopic (exact) mass is 467 g/mol. The van der Waals surface area contributed by atoms with Gasteiger partial charge in [0, 0.05) is 36.8 Å². The summed E-state index contributed by atoms with van der Waals surface area (Å²) in [6.07, 6.45) is 3.62. The van der Waals surface area contributed by atoms with E-state index in [0.29, 0.717) is 18.2 Å². The number of amides is 2. The number of methoxy groups -OCH3 is 1. The number of hydrogen-bond donors (Lipinski definition) is 2. The Balaban J connectivity index is 1.58. The van der Waals surface area contributed by atoms with Gasteiger partial charge in [0.05, 0.1) is 7.11 Å². The molecular formula is C27H37N3O4. The Morgan fingerprint density at radius 2 is 1.65 bits per heavy atom. The van der Waals surface area contributed by atoms with Gasteiger partial charge in [0.15, 0.2) is 0 Å². The molecule has 0 heterocycles. The predicted molar refractivity (Wildman–Crippen MR) is 134 cm³/mol. The summed E-state index contributed by atoms with van der Waals surface area (Å²) in [6, 6.07) is 14.0. The van der Waals surface area contributed by atoms with Crippen molar-refractivity contribution in [1.29, 1.82) is 0 Å². The molecule has 1 aliphatic carbocycles. The molecule has 2 amide bonds. The van der Waals surface area contributed by atoms with Crippen LogP contribution in [0, 0.1) is 0 Å². The van der Waals surface area contributed by atoms with Gasteiger partial charge in [-0.1, -0.05) is 18.2 Å². The van der Waals surface area contributed by atoms with Crippen molar-refractivity contribution < 1.29 is 19.1 Å². The zero-order chi connectivity index (χ0) is 24.9. The minimum absolute atomic E-state index is 0.203. The van der Waals surface area contributed by atoms with E-state index >= 15 is 0 Å². The first-order valence-corrected chi connectivity index (χ1v) is 11.8. The lowest BCUT2D eigenvalue weighted by Gasteiger charge is -2.36. The van der Waals surface area contributed by atoms with E-state index in [1.807, 2.05) is 52.1 Å². The van der Waals surface area contributed by atoms with E-state index in [1.54, 1.807) is 24.1 Å². The molecular weight excluding hydrogens is 430 g/mol. The van der Waals surface area contributed by atoms with Gasteiger partial charge >= 0.3 is 6.09 Å². The van der Waals surface area contributed by atoms with Gasteiger partial charge in [0.2, 0.25) is 5.91 Å². The van der Waals surface area contributed by atoms with Crippen LogP contribution in [-0.2, 0) is 11.3 Å². The smallest absolute Gasteiger partial charge is 0.410 e. The third kappa shape index (κ3) is 6.73. The Kier molecular flexibility index (Phi) is 8.20. The van der Waals surface area contributed by atoms with Gasteiger partial charge in [-0.05, 0) is 81.8 Å². The topological polar surface area (TPSA) is 93.9 Å². The third-order valence-electron chi connectivity index (χ3n) is 6.29. The molecule has 184 valence electrons. The zero-order valence-electron chi connectivity index (χ0n) is 20.9. The normalized spacial score (nSPS) is 18.3. The van der Waals surface area contributed by atoms with Crippen molar-refractivity contribution in [3.8, 4) is 16.9 Å². The van der Waals surface area contributed by atoms with Gasteiger partial charge in [-0.15, -0.1) is 0 Å². The second-order valence-corrected chi connectivity index (χ2v) is 9.95. The van der Waals surface area contributed by atoms with Crippen molar-refractivity contribution in [3.63, 3.8) is 0 Å². The number of nitrogens with zero attached hydrogens (tertiary/aromatic N) is 1. The van der Waals surface area contributed by atoms with Crippen LogP contribution in [-0.4, -0.2) is 48.7 Å². The van der Waals surface area contributed by atoms with Crippen molar-refractivity contribution in [2.75, 3.05) is 14.2 Å². The van der Waals surface area contributed by atoms with Gasteiger partial charge in [0.25, 0.3) is 0 Å². The van der Waals surface area contributed by atoms with Gasteiger partial charge < -0.3 is 25.4 Å². The molecule has 1 saturated carbocycles. The van der Waals surface area contributed by atoms with Gasteiger partial charge in [-0.3, -0.25) is 4.79 Å². The van der Waals surface area contributed by atoms with Crippen molar-refractivity contribution in [2.45, 2.75) is 70.7 Å². The highest BCUT2D eigenvalue weighted by Crippen LogP contribution is 2.28. The van der Waals surface area contributed by atoms with Crippen LogP contribution >= 0.6 is 0 Å². The Morgan fingerprint density at radius 3 is 2.21 bits per heavy atom. The summed E-state index contributed by atoms with van der Waals surface area (Å²) in [6.45, 7) is 6.35. The van der Waals surface area contributed by atoms with Crippen molar-refractivity contribution in [3.05, 3.63) is 53.6 Å². The molecule has 0 saturated heterocycles. The molecule has 2 aromatic rings. The van der Waals surface area contributed by atoms with E-state index in [9.17, 15) is 9.59 Å². The van der Waals surface area contributed by atoms with Gasteiger partial charge in [-0.2, -0.15) is 0 Å². The van der Waals surface area contributed by atoms with Crippen LogP contribution in [0.15, 0.2) is 42.5 Å². The number of benzene rings is 2. The Hall–Kier alpha value is -3.06. The molecule has 7 nitrogen and oxygen atoms in total. The second-order valence-electron chi connectivity index (χ2n) is 9.95. The lowest BCUT2D eigenvalue weighted by molar-refractivity contribution is 0.0179. The predicted octanol–water partition coefficient (Wildman–Crippen LogP) is 4.73. The van der Waals surface area contributed by atoms with E-state index < -0.39 is 11.5 Å². The number of ether oxygens (including phenoxy) is 2. The quantitative estimate of drug-likeness (QED) is 0.614. The number of carbonyl (C=O) groups is 2. The van der Waals surface area contributed by atoms with Gasteiger partial charge in [-0.25, -0.2) is 4.79 Å². The molecule has 0 radical (unpaired) electrons. The number of nitrogens with one attached hydrogen (secondary N) is 1. The maximum atomic E-state index is 12.4. The third-order valence-corrected chi connectivity index (χ3v) is 6.29. The van der Waals surface area contributed by atoms with Crippen LogP contribution in [0.1, 0.15) is 62.4 Å². The summed E-state index contributed by atoms with van der Waals surface area (Å²) < 4.78 is 11.1. The molecule has 1 fully saturated rings. The highest BCUT2D eigenvalue weighted by molar-refractivity contribution is 5.93. The molecule has 0 atom stereocenters. The van der Waals surface area contributed by atoms with Crippen LogP contribution < -0.4 is 15.8 Å². The molecule has 0 spiro atoms. The standard InChI is InChI=1S/C27H37N3O4/c1-27(2,3)34-26(32)30(4)23-13-11-22(12-14-23)29-17-21-16-20(10-15-24(21)33-5)18-6-8-19(9-7-18)25(28)31/h6-10,15-16,22-23,29H,11-14,17H2,1-5H3,(H2,28,31). The van der Waals surface area contributed by atoms with Crippen LogP contribution in [0.5, 0.6) is 5.75 Å². The molecule has 3 rings (SSSR count). The molecule has 0 bridgehead atoms. The molecule has 0 unspecified atom stereocenters. The van der Waals surface area contributed by atoms with Crippen LogP contribution in [0.4, 0.5) is 4.79 Å². The highest BCUT2D eigenvalue weighted by atomic mass is 16.6. The van der Waals surface area contributed by atoms with E-state index in [2.05, 4.69) is 11.4 Å². The summed E-state index contributed by atoms with van der Waals surface area (Å²) in [4.78, 5) is 25.5. The first kappa shape index (κ1) is 25.6. The molecule has 34 heavy (non-hydrogen) atoms. The Morgan fingerprint density at radius 1 is 1.03 bits per heavy atom. The van der Waals surface area contributed by atoms with E-state index in [-0.39, 0.29) is 12.1 Å². The van der Waals surface area contributed by atoms with Crippen LogP contribution in [0.25, 0.3) is 11.1 Å². The molecule has 3 N–H and O–H groups in total. The maximum absolute atomic E-state index is 12.4. The highest BCUT2D eigenvalue weighted by Gasteiger charge is 2.29. The summed E-state index contributed by atoms with van der Waals surface area (Å²) in [5.74, 6) is 0.404. The molecule has 2 aromatic carbocycles. The summed E-state index contributed by atoms with van der Waals surface area (Å²) in [5.41, 5.74) is 8.50. The van der Waals surface area contributed by atoms with E-state index in [1.165, 1.54) is 0 Å². The second kappa shape index (κ2) is 10.9. The van der Waals surface area contributed by atoms with Crippen molar-refractivity contribution in [2.24, 2.45) is 5.73 Å². The minimum atomic E-state index is -0.485.